The summed E-state index contributed by atoms with van der Waals surface area (Å²) in [4.78, 5) is 11.8. The lowest BCUT2D eigenvalue weighted by Gasteiger charge is -2.11. The third kappa shape index (κ3) is 4.43. The van der Waals surface area contributed by atoms with Crippen LogP contribution < -0.4 is 14.8 Å². The van der Waals surface area contributed by atoms with Gasteiger partial charge < -0.3 is 14.8 Å². The summed E-state index contributed by atoms with van der Waals surface area (Å²) in [5.41, 5.74) is 0.451. The van der Waals surface area contributed by atoms with Crippen molar-refractivity contribution in [2.45, 2.75) is 17.7 Å². The molecule has 1 amide bonds. The van der Waals surface area contributed by atoms with Gasteiger partial charge >= 0.3 is 0 Å². The molecule has 7 nitrogen and oxygen atoms in total. The van der Waals surface area contributed by atoms with Crippen molar-refractivity contribution in [1.82, 2.24) is 4.72 Å². The van der Waals surface area contributed by atoms with E-state index in [2.05, 4.69) is 10.0 Å². The summed E-state index contributed by atoms with van der Waals surface area (Å²) in [6.45, 7) is 0.589. The fraction of sp³-hybridized carbons (Fsp3) is 0.500. The second-order valence-corrected chi connectivity index (χ2v) is 6.93. The third-order valence-corrected chi connectivity index (χ3v) is 4.74. The van der Waals surface area contributed by atoms with E-state index in [1.54, 1.807) is 0 Å². The number of nitrogens with one attached hydrogen (secondary N) is 2. The Labute approximate surface area is 130 Å². The molecule has 0 unspecified atom stereocenters. The molecule has 22 heavy (non-hydrogen) atoms. The Bertz CT molecular complexity index is 641. The number of rotatable bonds is 8. The summed E-state index contributed by atoms with van der Waals surface area (Å²) < 4.78 is 36.2. The number of ether oxygens (including phenoxy) is 2. The summed E-state index contributed by atoms with van der Waals surface area (Å²) in [5, 5.41) is 2.65. The van der Waals surface area contributed by atoms with Gasteiger partial charge in [-0.05, 0) is 37.9 Å². The van der Waals surface area contributed by atoms with Crippen molar-refractivity contribution in [2.24, 2.45) is 5.92 Å². The van der Waals surface area contributed by atoms with Crippen LogP contribution in [0.15, 0.2) is 23.1 Å². The summed E-state index contributed by atoms with van der Waals surface area (Å²) in [7, 11) is -0.925. The maximum atomic E-state index is 11.8. The molecular formula is C14H20N2O5S. The Balaban J connectivity index is 2.00. The average molecular weight is 328 g/mol. The molecule has 1 aliphatic rings. The fourth-order valence-corrected chi connectivity index (χ4v) is 2.75. The van der Waals surface area contributed by atoms with Gasteiger partial charge in [-0.15, -0.1) is 0 Å². The molecule has 1 aromatic rings. The number of benzene rings is 1. The lowest BCUT2D eigenvalue weighted by atomic mass is 10.3. The van der Waals surface area contributed by atoms with Crippen LogP contribution in [0.2, 0.25) is 0 Å². The zero-order valence-electron chi connectivity index (χ0n) is 12.6. The first-order valence-corrected chi connectivity index (χ1v) is 8.43. The van der Waals surface area contributed by atoms with Crippen LogP contribution in [0.1, 0.15) is 12.8 Å². The van der Waals surface area contributed by atoms with Gasteiger partial charge in [0.25, 0.3) is 0 Å². The number of carbonyl (C=O) groups excluding carboxylic acids is 1. The van der Waals surface area contributed by atoms with Gasteiger partial charge in [0.2, 0.25) is 15.9 Å². The predicted molar refractivity (Wildman–Crippen MR) is 81.4 cm³/mol. The van der Waals surface area contributed by atoms with Crippen molar-refractivity contribution >= 4 is 21.6 Å². The number of amides is 1. The van der Waals surface area contributed by atoms with Gasteiger partial charge in [-0.2, -0.15) is 0 Å². The molecule has 0 radical (unpaired) electrons. The molecule has 2 rings (SSSR count). The topological polar surface area (TPSA) is 93.7 Å². The SMILES string of the molecule is CNS(=O)(=O)c1ccc(NC(=O)COCC2CC2)cc1OC. The second kappa shape index (κ2) is 7.08. The predicted octanol–water partition coefficient (Wildman–Crippen LogP) is 0.968. The van der Waals surface area contributed by atoms with Crippen LogP contribution in [0.4, 0.5) is 5.69 Å². The highest BCUT2D eigenvalue weighted by molar-refractivity contribution is 7.89. The van der Waals surface area contributed by atoms with Crippen molar-refractivity contribution in [1.29, 1.82) is 0 Å². The summed E-state index contributed by atoms with van der Waals surface area (Å²) in [5.74, 6) is 0.469. The van der Waals surface area contributed by atoms with E-state index in [1.807, 2.05) is 0 Å². The zero-order valence-corrected chi connectivity index (χ0v) is 13.4. The average Bonchev–Trinajstić information content (AvgIpc) is 3.31. The van der Waals surface area contributed by atoms with Crippen molar-refractivity contribution in [2.75, 3.05) is 32.7 Å². The Morgan fingerprint density at radius 2 is 2.09 bits per heavy atom. The number of anilines is 1. The van der Waals surface area contributed by atoms with Gasteiger partial charge in [0, 0.05) is 11.8 Å². The quantitative estimate of drug-likeness (QED) is 0.741. The third-order valence-electron chi connectivity index (χ3n) is 3.29. The second-order valence-electron chi connectivity index (χ2n) is 5.08. The number of sulfonamides is 1. The minimum Gasteiger partial charge on any atom is -0.495 e. The molecule has 1 aromatic carbocycles. The molecule has 0 saturated heterocycles. The number of hydrogen-bond acceptors (Lipinski definition) is 5. The van der Waals surface area contributed by atoms with Gasteiger partial charge in [0.15, 0.2) is 0 Å². The molecule has 1 fully saturated rings. The summed E-state index contributed by atoms with van der Waals surface area (Å²) in [6.07, 6.45) is 2.33. The molecule has 0 heterocycles. The molecule has 8 heteroatoms. The van der Waals surface area contributed by atoms with E-state index in [4.69, 9.17) is 9.47 Å². The highest BCUT2D eigenvalue weighted by atomic mass is 32.2. The Hall–Kier alpha value is -1.64. The first-order chi connectivity index (χ1) is 10.5. The van der Waals surface area contributed by atoms with Crippen molar-refractivity contribution in [3.05, 3.63) is 18.2 Å². The molecule has 1 aliphatic carbocycles. The number of carbonyl (C=O) groups is 1. The Morgan fingerprint density at radius 1 is 1.36 bits per heavy atom. The largest absolute Gasteiger partial charge is 0.495 e. The van der Waals surface area contributed by atoms with Crippen LogP contribution >= 0.6 is 0 Å². The monoisotopic (exact) mass is 328 g/mol. The highest BCUT2D eigenvalue weighted by Crippen LogP contribution is 2.29. The van der Waals surface area contributed by atoms with Crippen LogP contribution in [0.25, 0.3) is 0 Å². The normalized spacial score (nSPS) is 14.6. The number of methoxy groups -OCH3 is 1. The van der Waals surface area contributed by atoms with Crippen molar-refractivity contribution < 1.29 is 22.7 Å². The molecule has 1 saturated carbocycles. The Kier molecular flexibility index (Phi) is 5.38. The summed E-state index contributed by atoms with van der Waals surface area (Å²) in [6, 6.07) is 4.35. The van der Waals surface area contributed by atoms with Gasteiger partial charge in [0.1, 0.15) is 17.3 Å². The van der Waals surface area contributed by atoms with Crippen LogP contribution in [0.3, 0.4) is 0 Å². The fourth-order valence-electron chi connectivity index (χ4n) is 1.88. The van der Waals surface area contributed by atoms with Crippen LogP contribution in [0, 0.1) is 5.92 Å². The molecule has 0 atom stereocenters. The lowest BCUT2D eigenvalue weighted by Crippen LogP contribution is -2.21. The van der Waals surface area contributed by atoms with Gasteiger partial charge in [-0.1, -0.05) is 0 Å². The van der Waals surface area contributed by atoms with Crippen LogP contribution in [0.5, 0.6) is 5.75 Å². The smallest absolute Gasteiger partial charge is 0.250 e. The van der Waals surface area contributed by atoms with Crippen LogP contribution in [-0.4, -0.2) is 41.7 Å². The molecule has 0 bridgehead atoms. The van der Waals surface area contributed by atoms with E-state index in [0.717, 1.165) is 0 Å². The van der Waals surface area contributed by atoms with E-state index in [1.165, 1.54) is 45.2 Å². The van der Waals surface area contributed by atoms with Crippen molar-refractivity contribution in [3.63, 3.8) is 0 Å². The van der Waals surface area contributed by atoms with E-state index >= 15 is 0 Å². The molecule has 2 N–H and O–H groups in total. The van der Waals surface area contributed by atoms with Crippen LogP contribution in [-0.2, 0) is 19.6 Å². The minimum absolute atomic E-state index is 0.0143. The molecule has 0 spiro atoms. The van der Waals surface area contributed by atoms with E-state index in [9.17, 15) is 13.2 Å². The zero-order chi connectivity index (χ0) is 16.2. The van der Waals surface area contributed by atoms with E-state index < -0.39 is 10.0 Å². The maximum Gasteiger partial charge on any atom is 0.250 e. The van der Waals surface area contributed by atoms with Crippen molar-refractivity contribution in [3.8, 4) is 5.75 Å². The molecule has 122 valence electrons. The first-order valence-electron chi connectivity index (χ1n) is 6.95. The summed E-state index contributed by atoms with van der Waals surface area (Å²) >= 11 is 0. The molecule has 0 aliphatic heterocycles. The number of hydrogen-bond donors (Lipinski definition) is 2. The van der Waals surface area contributed by atoms with Gasteiger partial charge in [-0.3, -0.25) is 4.79 Å². The molecule has 0 aromatic heterocycles. The highest BCUT2D eigenvalue weighted by Gasteiger charge is 2.22. The maximum absolute atomic E-state index is 11.8. The first kappa shape index (κ1) is 16.7. The minimum atomic E-state index is -3.62. The van der Waals surface area contributed by atoms with Gasteiger partial charge in [0.05, 0.1) is 13.7 Å². The van der Waals surface area contributed by atoms with E-state index in [0.29, 0.717) is 18.2 Å². The van der Waals surface area contributed by atoms with E-state index in [-0.39, 0.29) is 23.2 Å². The molecular weight excluding hydrogens is 308 g/mol. The standard InChI is InChI=1S/C14H20N2O5S/c1-15-22(18,19)13-6-5-11(7-12(13)20-2)16-14(17)9-21-8-10-3-4-10/h5-7,10,15H,3-4,8-9H2,1-2H3,(H,16,17). The van der Waals surface area contributed by atoms with Gasteiger partial charge in [-0.25, -0.2) is 13.1 Å². The Morgan fingerprint density at radius 3 is 2.68 bits per heavy atom. The lowest BCUT2D eigenvalue weighted by molar-refractivity contribution is -0.120.